The number of para-hydroxylation sites is 1. The van der Waals surface area contributed by atoms with Crippen molar-refractivity contribution in [2.45, 2.75) is 17.0 Å². The van der Waals surface area contributed by atoms with Crippen molar-refractivity contribution in [1.29, 1.82) is 0 Å². The summed E-state index contributed by atoms with van der Waals surface area (Å²) in [5.41, 5.74) is 7.83. The number of rotatable bonds is 2. The lowest BCUT2D eigenvalue weighted by atomic mass is 10.2. The predicted molar refractivity (Wildman–Crippen MR) is 61.7 cm³/mol. The van der Waals surface area contributed by atoms with Gasteiger partial charge in [0.15, 0.2) is 5.16 Å². The van der Waals surface area contributed by atoms with Crippen LogP contribution in [0.5, 0.6) is 0 Å². The molecule has 0 aliphatic carbocycles. The Labute approximate surface area is 92.8 Å². The van der Waals surface area contributed by atoms with Gasteiger partial charge in [0.1, 0.15) is 0 Å². The summed E-state index contributed by atoms with van der Waals surface area (Å²) in [6.45, 7) is 1.99. The van der Waals surface area contributed by atoms with Crippen molar-refractivity contribution in [3.63, 3.8) is 0 Å². The second-order valence-electron chi connectivity index (χ2n) is 3.12. The zero-order chi connectivity index (χ0) is 10.7. The number of nitrogens with zero attached hydrogens (tertiary/aromatic N) is 2. The van der Waals surface area contributed by atoms with Crippen LogP contribution >= 0.6 is 11.8 Å². The van der Waals surface area contributed by atoms with Gasteiger partial charge in [-0.15, -0.1) is 0 Å². The minimum atomic E-state index is 0.717. The van der Waals surface area contributed by atoms with Crippen molar-refractivity contribution >= 4 is 17.4 Å². The molecule has 0 aliphatic heterocycles. The maximum Gasteiger partial charge on any atom is 0.192 e. The number of anilines is 1. The van der Waals surface area contributed by atoms with Gasteiger partial charge in [0, 0.05) is 23.0 Å². The Kier molecular flexibility index (Phi) is 2.87. The van der Waals surface area contributed by atoms with Gasteiger partial charge in [-0.25, -0.2) is 9.97 Å². The number of hydrogen-bond donors (Lipinski definition) is 1. The van der Waals surface area contributed by atoms with E-state index in [-0.39, 0.29) is 0 Å². The number of nitrogens with two attached hydrogens (primary N) is 1. The van der Waals surface area contributed by atoms with Crippen LogP contribution in [0.3, 0.4) is 0 Å². The summed E-state index contributed by atoms with van der Waals surface area (Å²) >= 11 is 1.48. The third-order valence-electron chi connectivity index (χ3n) is 2.03. The molecule has 1 heterocycles. The first kappa shape index (κ1) is 9.98. The fraction of sp³-hybridized carbons (Fsp3) is 0.0909. The van der Waals surface area contributed by atoms with Crippen LogP contribution in [0.4, 0.5) is 5.69 Å². The van der Waals surface area contributed by atoms with Crippen molar-refractivity contribution in [2.24, 2.45) is 0 Å². The number of nitrogen functional groups attached to an aromatic ring is 1. The first-order valence-electron chi connectivity index (χ1n) is 4.57. The molecule has 2 N–H and O–H groups in total. The Hall–Kier alpha value is -1.55. The van der Waals surface area contributed by atoms with E-state index < -0.39 is 0 Å². The largest absolute Gasteiger partial charge is 0.398 e. The minimum absolute atomic E-state index is 0.717. The topological polar surface area (TPSA) is 51.8 Å². The Bertz CT molecular complexity index is 457. The highest BCUT2D eigenvalue weighted by Crippen LogP contribution is 2.30. The van der Waals surface area contributed by atoms with Crippen LogP contribution in [-0.2, 0) is 0 Å². The van der Waals surface area contributed by atoms with E-state index in [1.165, 1.54) is 11.8 Å². The molecule has 0 spiro atoms. The zero-order valence-corrected chi connectivity index (χ0v) is 9.16. The quantitative estimate of drug-likeness (QED) is 0.620. The normalized spacial score (nSPS) is 10.2. The molecule has 0 fully saturated rings. The lowest BCUT2D eigenvalue weighted by Crippen LogP contribution is -1.92. The summed E-state index contributed by atoms with van der Waals surface area (Å²) in [5, 5.41) is 0.717. The summed E-state index contributed by atoms with van der Waals surface area (Å²) in [7, 11) is 0. The first-order chi connectivity index (χ1) is 7.27. The van der Waals surface area contributed by atoms with Gasteiger partial charge in [-0.1, -0.05) is 12.1 Å². The van der Waals surface area contributed by atoms with Gasteiger partial charge < -0.3 is 5.73 Å². The molecule has 0 aliphatic rings. The molecule has 15 heavy (non-hydrogen) atoms. The molecular formula is C11H11N3S. The van der Waals surface area contributed by atoms with Crippen molar-refractivity contribution < 1.29 is 0 Å². The van der Waals surface area contributed by atoms with Gasteiger partial charge in [-0.05, 0) is 36.4 Å². The third-order valence-corrected chi connectivity index (χ3v) is 3.00. The van der Waals surface area contributed by atoms with E-state index in [0.717, 1.165) is 21.3 Å². The monoisotopic (exact) mass is 217 g/mol. The molecule has 3 nitrogen and oxygen atoms in total. The van der Waals surface area contributed by atoms with E-state index in [0.29, 0.717) is 0 Å². The average Bonchev–Trinajstić information content (AvgIpc) is 2.26. The smallest absolute Gasteiger partial charge is 0.192 e. The van der Waals surface area contributed by atoms with E-state index in [4.69, 9.17) is 5.73 Å². The second-order valence-corrected chi connectivity index (χ2v) is 4.13. The third kappa shape index (κ3) is 2.27. The Morgan fingerprint density at radius 3 is 2.60 bits per heavy atom. The van der Waals surface area contributed by atoms with Crippen LogP contribution in [0.25, 0.3) is 0 Å². The van der Waals surface area contributed by atoms with Crippen molar-refractivity contribution in [3.8, 4) is 0 Å². The molecule has 76 valence electrons. The highest BCUT2D eigenvalue weighted by Gasteiger charge is 2.04. The molecule has 1 aromatic heterocycles. The SMILES string of the molecule is Cc1cccc(Sc2ncccn2)c1N. The first-order valence-corrected chi connectivity index (χ1v) is 5.39. The summed E-state index contributed by atoms with van der Waals surface area (Å²) in [6, 6.07) is 7.75. The van der Waals surface area contributed by atoms with Crippen LogP contribution in [-0.4, -0.2) is 9.97 Å². The summed E-state index contributed by atoms with van der Waals surface area (Å²) in [6.07, 6.45) is 3.45. The average molecular weight is 217 g/mol. The maximum absolute atomic E-state index is 5.95. The van der Waals surface area contributed by atoms with Crippen molar-refractivity contribution in [1.82, 2.24) is 9.97 Å². The maximum atomic E-state index is 5.95. The fourth-order valence-corrected chi connectivity index (χ4v) is 2.02. The molecule has 0 atom stereocenters. The molecule has 2 rings (SSSR count). The number of aromatic nitrogens is 2. The predicted octanol–water partition coefficient (Wildman–Crippen LogP) is 2.52. The molecular weight excluding hydrogens is 206 g/mol. The Balaban J connectivity index is 2.29. The van der Waals surface area contributed by atoms with E-state index in [1.807, 2.05) is 25.1 Å². The molecule has 4 heteroatoms. The van der Waals surface area contributed by atoms with Crippen LogP contribution in [0.2, 0.25) is 0 Å². The molecule has 0 saturated heterocycles. The van der Waals surface area contributed by atoms with E-state index in [9.17, 15) is 0 Å². The Morgan fingerprint density at radius 1 is 1.13 bits per heavy atom. The lowest BCUT2D eigenvalue weighted by Gasteiger charge is -2.05. The molecule has 0 unspecified atom stereocenters. The van der Waals surface area contributed by atoms with Gasteiger partial charge in [-0.3, -0.25) is 0 Å². The number of hydrogen-bond acceptors (Lipinski definition) is 4. The van der Waals surface area contributed by atoms with E-state index >= 15 is 0 Å². The molecule has 0 saturated carbocycles. The van der Waals surface area contributed by atoms with E-state index in [2.05, 4.69) is 9.97 Å². The molecule has 0 bridgehead atoms. The molecule has 1 aromatic carbocycles. The van der Waals surface area contributed by atoms with Gasteiger partial charge in [0.05, 0.1) is 0 Å². The minimum Gasteiger partial charge on any atom is -0.398 e. The van der Waals surface area contributed by atoms with E-state index in [1.54, 1.807) is 18.5 Å². The number of benzene rings is 1. The summed E-state index contributed by atoms with van der Waals surface area (Å²) in [5.74, 6) is 0. The van der Waals surface area contributed by atoms with Gasteiger partial charge in [0.2, 0.25) is 0 Å². The molecule has 2 aromatic rings. The molecule has 0 amide bonds. The highest BCUT2D eigenvalue weighted by molar-refractivity contribution is 7.99. The van der Waals surface area contributed by atoms with Gasteiger partial charge >= 0.3 is 0 Å². The number of aryl methyl sites for hydroxylation is 1. The summed E-state index contributed by atoms with van der Waals surface area (Å²) < 4.78 is 0. The second kappa shape index (κ2) is 4.31. The van der Waals surface area contributed by atoms with Gasteiger partial charge in [-0.2, -0.15) is 0 Å². The van der Waals surface area contributed by atoms with Crippen LogP contribution in [0, 0.1) is 6.92 Å². The van der Waals surface area contributed by atoms with Crippen LogP contribution in [0.15, 0.2) is 46.7 Å². The molecule has 0 radical (unpaired) electrons. The zero-order valence-electron chi connectivity index (χ0n) is 8.34. The highest BCUT2D eigenvalue weighted by atomic mass is 32.2. The fourth-order valence-electron chi connectivity index (χ4n) is 1.18. The van der Waals surface area contributed by atoms with Crippen molar-refractivity contribution in [3.05, 3.63) is 42.2 Å². The summed E-state index contributed by atoms with van der Waals surface area (Å²) in [4.78, 5) is 9.28. The van der Waals surface area contributed by atoms with Gasteiger partial charge in [0.25, 0.3) is 0 Å². The van der Waals surface area contributed by atoms with Crippen LogP contribution < -0.4 is 5.73 Å². The lowest BCUT2D eigenvalue weighted by molar-refractivity contribution is 0.967. The Morgan fingerprint density at radius 2 is 1.87 bits per heavy atom. The van der Waals surface area contributed by atoms with Crippen LogP contribution in [0.1, 0.15) is 5.56 Å². The van der Waals surface area contributed by atoms with Crippen molar-refractivity contribution in [2.75, 3.05) is 5.73 Å². The standard InChI is InChI=1S/C11H11N3S/c1-8-4-2-5-9(10(8)12)15-11-13-6-3-7-14-11/h2-7H,12H2,1H3.